The van der Waals surface area contributed by atoms with Crippen molar-refractivity contribution in [2.45, 2.75) is 13.5 Å². The topological polar surface area (TPSA) is 55.1 Å². The van der Waals surface area contributed by atoms with Gasteiger partial charge < -0.3 is 11.1 Å². The van der Waals surface area contributed by atoms with Crippen LogP contribution in [0.25, 0.3) is 0 Å². The van der Waals surface area contributed by atoms with E-state index in [4.69, 9.17) is 17.3 Å². The number of anilines is 1. The highest BCUT2D eigenvalue weighted by Crippen LogP contribution is 2.19. The van der Waals surface area contributed by atoms with Crippen LogP contribution < -0.4 is 11.1 Å². The number of aryl methyl sites for hydroxylation is 1. The Kier molecular flexibility index (Phi) is 4.20. The van der Waals surface area contributed by atoms with Gasteiger partial charge in [-0.25, -0.2) is 0 Å². The summed E-state index contributed by atoms with van der Waals surface area (Å²) in [7, 11) is 0. The minimum Gasteiger partial charge on any atom is -0.326 e. The smallest absolute Gasteiger partial charge is 0.255 e. The number of nitrogens with one attached hydrogen (secondary N) is 1. The zero-order valence-corrected chi connectivity index (χ0v) is 11.4. The molecule has 0 atom stereocenters. The first kappa shape index (κ1) is 13.6. The predicted molar refractivity (Wildman–Crippen MR) is 78.5 cm³/mol. The molecule has 4 heteroatoms. The van der Waals surface area contributed by atoms with Crippen molar-refractivity contribution in [1.82, 2.24) is 0 Å². The van der Waals surface area contributed by atoms with Gasteiger partial charge in [-0.2, -0.15) is 0 Å². The van der Waals surface area contributed by atoms with Crippen LogP contribution in [-0.4, -0.2) is 5.91 Å². The number of nitrogens with two attached hydrogens (primary N) is 1. The van der Waals surface area contributed by atoms with Crippen molar-refractivity contribution in [3.8, 4) is 0 Å². The molecule has 98 valence electrons. The first-order chi connectivity index (χ1) is 9.11. The molecule has 0 bridgehead atoms. The average Bonchev–Trinajstić information content (AvgIpc) is 2.42. The van der Waals surface area contributed by atoms with E-state index < -0.39 is 0 Å². The van der Waals surface area contributed by atoms with Gasteiger partial charge in [-0.05, 0) is 36.2 Å². The lowest BCUT2D eigenvalue weighted by Crippen LogP contribution is -2.14. The molecule has 3 N–H and O–H groups in total. The number of carbonyl (C=O) groups is 1. The zero-order valence-electron chi connectivity index (χ0n) is 10.6. The molecule has 2 aromatic carbocycles. The van der Waals surface area contributed by atoms with E-state index in [0.717, 1.165) is 16.8 Å². The standard InChI is InChI=1S/C15H15ClN2O/c1-10-6-7-11(8-13(10)16)15(19)18-14-5-3-2-4-12(14)9-17/h2-8H,9,17H2,1H3,(H,18,19). The van der Waals surface area contributed by atoms with Crippen LogP contribution in [0, 0.1) is 6.92 Å². The molecular formula is C15H15ClN2O. The maximum atomic E-state index is 12.1. The Balaban J connectivity index is 2.23. The van der Waals surface area contributed by atoms with Crippen LogP contribution in [0.2, 0.25) is 5.02 Å². The molecule has 19 heavy (non-hydrogen) atoms. The third kappa shape index (κ3) is 3.13. The molecule has 2 aromatic rings. The SMILES string of the molecule is Cc1ccc(C(=O)Nc2ccccc2CN)cc1Cl. The van der Waals surface area contributed by atoms with Crippen molar-refractivity contribution in [3.05, 3.63) is 64.2 Å². The Morgan fingerprint density at radius 2 is 2.00 bits per heavy atom. The van der Waals surface area contributed by atoms with Crippen LogP contribution in [-0.2, 0) is 6.54 Å². The Bertz CT molecular complexity index is 611. The second kappa shape index (κ2) is 5.87. The Labute approximate surface area is 117 Å². The number of carbonyl (C=O) groups excluding carboxylic acids is 1. The van der Waals surface area contributed by atoms with Crippen LogP contribution in [0.4, 0.5) is 5.69 Å². The third-order valence-electron chi connectivity index (χ3n) is 2.92. The number of rotatable bonds is 3. The molecule has 2 rings (SSSR count). The Morgan fingerprint density at radius 3 is 2.68 bits per heavy atom. The molecule has 3 nitrogen and oxygen atoms in total. The molecule has 0 unspecified atom stereocenters. The fraction of sp³-hybridized carbons (Fsp3) is 0.133. The number of hydrogen-bond acceptors (Lipinski definition) is 2. The van der Waals surface area contributed by atoms with Gasteiger partial charge >= 0.3 is 0 Å². The van der Waals surface area contributed by atoms with Gasteiger partial charge in [0.05, 0.1) is 0 Å². The number of benzene rings is 2. The molecule has 0 aromatic heterocycles. The summed E-state index contributed by atoms with van der Waals surface area (Å²) in [5.74, 6) is -0.192. The maximum absolute atomic E-state index is 12.1. The maximum Gasteiger partial charge on any atom is 0.255 e. The van der Waals surface area contributed by atoms with Crippen LogP contribution in [0.3, 0.4) is 0 Å². The first-order valence-corrected chi connectivity index (χ1v) is 6.35. The summed E-state index contributed by atoms with van der Waals surface area (Å²) in [4.78, 5) is 12.1. The molecule has 0 aliphatic carbocycles. The highest BCUT2D eigenvalue weighted by Gasteiger charge is 2.09. The van der Waals surface area contributed by atoms with E-state index in [-0.39, 0.29) is 5.91 Å². The van der Waals surface area contributed by atoms with Crippen LogP contribution in [0.15, 0.2) is 42.5 Å². The molecule has 0 fully saturated rings. The average molecular weight is 275 g/mol. The highest BCUT2D eigenvalue weighted by molar-refractivity contribution is 6.31. The highest BCUT2D eigenvalue weighted by atomic mass is 35.5. The van der Waals surface area contributed by atoms with Gasteiger partial charge in [0, 0.05) is 22.8 Å². The van der Waals surface area contributed by atoms with Crippen molar-refractivity contribution in [1.29, 1.82) is 0 Å². The van der Waals surface area contributed by atoms with E-state index >= 15 is 0 Å². The Hall–Kier alpha value is -1.84. The number of amides is 1. The summed E-state index contributed by atoms with van der Waals surface area (Å²) >= 11 is 6.02. The molecule has 0 heterocycles. The van der Waals surface area contributed by atoms with Crippen molar-refractivity contribution >= 4 is 23.2 Å². The lowest BCUT2D eigenvalue weighted by molar-refractivity contribution is 0.102. The minimum atomic E-state index is -0.192. The van der Waals surface area contributed by atoms with E-state index in [1.54, 1.807) is 12.1 Å². The predicted octanol–water partition coefficient (Wildman–Crippen LogP) is 3.36. The lowest BCUT2D eigenvalue weighted by Gasteiger charge is -2.10. The van der Waals surface area contributed by atoms with Gasteiger partial charge in [0.2, 0.25) is 0 Å². The molecule has 1 amide bonds. The quantitative estimate of drug-likeness (QED) is 0.902. The summed E-state index contributed by atoms with van der Waals surface area (Å²) < 4.78 is 0. The summed E-state index contributed by atoms with van der Waals surface area (Å²) in [6, 6.07) is 12.7. The molecule has 0 aliphatic heterocycles. The minimum absolute atomic E-state index is 0.192. The molecule has 0 spiro atoms. The number of para-hydroxylation sites is 1. The molecule has 0 aliphatic rings. The number of hydrogen-bond donors (Lipinski definition) is 2. The molecular weight excluding hydrogens is 260 g/mol. The van der Waals surface area contributed by atoms with Crippen molar-refractivity contribution in [3.63, 3.8) is 0 Å². The zero-order chi connectivity index (χ0) is 13.8. The number of halogens is 1. The van der Waals surface area contributed by atoms with E-state index in [1.165, 1.54) is 0 Å². The third-order valence-corrected chi connectivity index (χ3v) is 3.33. The van der Waals surface area contributed by atoms with Gasteiger partial charge in [0.1, 0.15) is 0 Å². The first-order valence-electron chi connectivity index (χ1n) is 5.97. The van der Waals surface area contributed by atoms with Gasteiger partial charge in [-0.1, -0.05) is 35.9 Å². The molecule has 0 saturated heterocycles. The fourth-order valence-corrected chi connectivity index (χ4v) is 1.93. The van der Waals surface area contributed by atoms with E-state index in [2.05, 4.69) is 5.32 Å². The van der Waals surface area contributed by atoms with Gasteiger partial charge in [-0.15, -0.1) is 0 Å². The van der Waals surface area contributed by atoms with Gasteiger partial charge in [0.25, 0.3) is 5.91 Å². The van der Waals surface area contributed by atoms with Crippen molar-refractivity contribution in [2.75, 3.05) is 5.32 Å². The summed E-state index contributed by atoms with van der Waals surface area (Å²) in [6.45, 7) is 2.28. The fourth-order valence-electron chi connectivity index (χ4n) is 1.75. The van der Waals surface area contributed by atoms with Crippen LogP contribution in [0.1, 0.15) is 21.5 Å². The Morgan fingerprint density at radius 1 is 1.26 bits per heavy atom. The van der Waals surface area contributed by atoms with Crippen molar-refractivity contribution in [2.24, 2.45) is 5.73 Å². The summed E-state index contributed by atoms with van der Waals surface area (Å²) in [5.41, 5.74) is 8.74. The second-order valence-electron chi connectivity index (χ2n) is 4.28. The van der Waals surface area contributed by atoms with Crippen LogP contribution in [0.5, 0.6) is 0 Å². The van der Waals surface area contributed by atoms with E-state index in [9.17, 15) is 4.79 Å². The normalized spacial score (nSPS) is 10.3. The lowest BCUT2D eigenvalue weighted by atomic mass is 10.1. The van der Waals surface area contributed by atoms with Gasteiger partial charge in [0.15, 0.2) is 0 Å². The largest absolute Gasteiger partial charge is 0.326 e. The molecule has 0 saturated carbocycles. The van der Waals surface area contributed by atoms with E-state index in [0.29, 0.717) is 17.1 Å². The summed E-state index contributed by atoms with van der Waals surface area (Å²) in [6.07, 6.45) is 0. The second-order valence-corrected chi connectivity index (χ2v) is 4.69. The summed E-state index contributed by atoms with van der Waals surface area (Å²) in [5, 5.41) is 3.43. The van der Waals surface area contributed by atoms with Crippen LogP contribution >= 0.6 is 11.6 Å². The van der Waals surface area contributed by atoms with Crippen molar-refractivity contribution < 1.29 is 4.79 Å². The molecule has 0 radical (unpaired) electrons. The van der Waals surface area contributed by atoms with Gasteiger partial charge in [-0.3, -0.25) is 4.79 Å². The monoisotopic (exact) mass is 274 g/mol. The van der Waals surface area contributed by atoms with E-state index in [1.807, 2.05) is 37.3 Å².